The summed E-state index contributed by atoms with van der Waals surface area (Å²) in [6.45, 7) is 1.05. The highest BCUT2D eigenvalue weighted by atomic mass is 19.3. The van der Waals surface area contributed by atoms with Gasteiger partial charge in [-0.3, -0.25) is 4.98 Å². The van der Waals surface area contributed by atoms with Crippen LogP contribution >= 0.6 is 0 Å². The normalized spacial score (nSPS) is 12.8. The molecular formula is C11H16F2N2O2. The van der Waals surface area contributed by atoms with Crippen LogP contribution in [0.25, 0.3) is 0 Å². The minimum Gasteiger partial charge on any atom is -0.395 e. The summed E-state index contributed by atoms with van der Waals surface area (Å²) in [6, 6.07) is 3.18. The zero-order valence-corrected chi connectivity index (χ0v) is 9.55. The molecule has 17 heavy (non-hydrogen) atoms. The van der Waals surface area contributed by atoms with Crippen molar-refractivity contribution in [2.45, 2.75) is 19.5 Å². The van der Waals surface area contributed by atoms with E-state index in [4.69, 9.17) is 5.11 Å². The first kappa shape index (κ1) is 13.8. The van der Waals surface area contributed by atoms with Crippen molar-refractivity contribution in [3.8, 4) is 0 Å². The summed E-state index contributed by atoms with van der Waals surface area (Å²) in [7, 11) is 0. The molecule has 0 aromatic carbocycles. The van der Waals surface area contributed by atoms with Gasteiger partial charge in [0.15, 0.2) is 0 Å². The fraction of sp³-hybridized carbons (Fsp3) is 0.545. The van der Waals surface area contributed by atoms with Gasteiger partial charge in [0.05, 0.1) is 36.8 Å². The van der Waals surface area contributed by atoms with Gasteiger partial charge in [-0.2, -0.15) is 0 Å². The lowest BCUT2D eigenvalue weighted by molar-refractivity contribution is 0.152. The van der Waals surface area contributed by atoms with E-state index in [1.165, 1.54) is 11.1 Å². The molecule has 0 radical (unpaired) electrons. The van der Waals surface area contributed by atoms with Crippen LogP contribution < -0.4 is 4.90 Å². The van der Waals surface area contributed by atoms with Crippen LogP contribution in [0, 0.1) is 0 Å². The molecule has 0 fully saturated rings. The Morgan fingerprint density at radius 2 is 2.12 bits per heavy atom. The van der Waals surface area contributed by atoms with E-state index in [-0.39, 0.29) is 13.2 Å². The van der Waals surface area contributed by atoms with Gasteiger partial charge in [-0.25, -0.2) is 8.78 Å². The van der Waals surface area contributed by atoms with Crippen LogP contribution in [0.4, 0.5) is 14.5 Å². The fourth-order valence-corrected chi connectivity index (χ4v) is 1.44. The molecule has 0 saturated carbocycles. The van der Waals surface area contributed by atoms with Gasteiger partial charge in [-0.05, 0) is 19.1 Å². The molecule has 0 saturated heterocycles. The van der Waals surface area contributed by atoms with Gasteiger partial charge in [-0.15, -0.1) is 0 Å². The molecule has 1 atom stereocenters. The Balaban J connectivity index is 2.79. The highest BCUT2D eigenvalue weighted by molar-refractivity contribution is 5.44. The van der Waals surface area contributed by atoms with E-state index in [1.807, 2.05) is 0 Å². The Bertz CT molecular complexity index is 331. The Labute approximate surface area is 98.5 Å². The zero-order valence-electron chi connectivity index (χ0n) is 9.55. The molecular weight excluding hydrogens is 230 g/mol. The Morgan fingerprint density at radius 1 is 1.41 bits per heavy atom. The maximum atomic E-state index is 12.3. The Morgan fingerprint density at radius 3 is 2.53 bits per heavy atom. The van der Waals surface area contributed by atoms with Crippen LogP contribution in [0.1, 0.15) is 18.7 Å². The van der Waals surface area contributed by atoms with Crippen LogP contribution in [-0.4, -0.2) is 41.3 Å². The van der Waals surface area contributed by atoms with Gasteiger partial charge < -0.3 is 15.1 Å². The van der Waals surface area contributed by atoms with Crippen molar-refractivity contribution in [3.63, 3.8) is 0 Å². The average molecular weight is 246 g/mol. The molecule has 0 aliphatic heterocycles. The predicted octanol–water partition coefficient (Wildman–Crippen LogP) is 1.20. The molecule has 1 unspecified atom stereocenters. The molecule has 6 heteroatoms. The van der Waals surface area contributed by atoms with Crippen molar-refractivity contribution < 1.29 is 19.0 Å². The number of rotatable bonds is 6. The molecule has 0 spiro atoms. The van der Waals surface area contributed by atoms with Gasteiger partial charge in [0, 0.05) is 6.54 Å². The summed E-state index contributed by atoms with van der Waals surface area (Å²) in [5.74, 6) is 0. The van der Waals surface area contributed by atoms with Crippen molar-refractivity contribution in [1.29, 1.82) is 0 Å². The van der Waals surface area contributed by atoms with Crippen LogP contribution in [0.5, 0.6) is 0 Å². The van der Waals surface area contributed by atoms with Gasteiger partial charge in [0.1, 0.15) is 0 Å². The molecule has 1 aromatic rings. The van der Waals surface area contributed by atoms with Crippen molar-refractivity contribution in [1.82, 2.24) is 4.98 Å². The van der Waals surface area contributed by atoms with Crippen molar-refractivity contribution in [2.75, 3.05) is 24.6 Å². The number of hydrogen-bond acceptors (Lipinski definition) is 4. The van der Waals surface area contributed by atoms with Crippen molar-refractivity contribution in [2.24, 2.45) is 0 Å². The first-order chi connectivity index (χ1) is 8.04. The molecule has 4 nitrogen and oxygen atoms in total. The fourth-order valence-electron chi connectivity index (χ4n) is 1.44. The molecule has 2 N–H and O–H groups in total. The molecule has 0 bridgehead atoms. The second kappa shape index (κ2) is 6.46. The van der Waals surface area contributed by atoms with Crippen molar-refractivity contribution >= 4 is 5.69 Å². The lowest BCUT2D eigenvalue weighted by Crippen LogP contribution is -2.31. The number of aromatic nitrogens is 1. The second-order valence-corrected chi connectivity index (χ2v) is 3.68. The minimum atomic E-state index is -2.47. The SMILES string of the molecule is CC(O)c1ccc(N(CCO)CC(F)F)cn1. The van der Waals surface area contributed by atoms with Crippen LogP contribution in [0.15, 0.2) is 18.3 Å². The average Bonchev–Trinajstić information content (AvgIpc) is 2.28. The number of aliphatic hydroxyl groups is 2. The quantitative estimate of drug-likeness (QED) is 0.792. The molecule has 0 aliphatic rings. The van der Waals surface area contributed by atoms with E-state index >= 15 is 0 Å². The van der Waals surface area contributed by atoms with E-state index in [0.717, 1.165) is 0 Å². The summed E-state index contributed by atoms with van der Waals surface area (Å²) >= 11 is 0. The number of aliphatic hydroxyl groups excluding tert-OH is 2. The van der Waals surface area contributed by atoms with Gasteiger partial charge >= 0.3 is 0 Å². The Hall–Kier alpha value is -1.27. The van der Waals surface area contributed by atoms with E-state index < -0.39 is 19.1 Å². The third-order valence-electron chi connectivity index (χ3n) is 2.29. The molecule has 0 aliphatic carbocycles. The molecule has 1 heterocycles. The first-order valence-electron chi connectivity index (χ1n) is 5.32. The zero-order chi connectivity index (χ0) is 12.8. The summed E-state index contributed by atoms with van der Waals surface area (Å²) in [5, 5.41) is 18.1. The van der Waals surface area contributed by atoms with Crippen molar-refractivity contribution in [3.05, 3.63) is 24.0 Å². The van der Waals surface area contributed by atoms with E-state index in [1.54, 1.807) is 19.1 Å². The number of pyridine rings is 1. The predicted molar refractivity (Wildman–Crippen MR) is 60.2 cm³/mol. The lowest BCUT2D eigenvalue weighted by atomic mass is 10.2. The number of alkyl halides is 2. The number of halogens is 2. The lowest BCUT2D eigenvalue weighted by Gasteiger charge is -2.23. The second-order valence-electron chi connectivity index (χ2n) is 3.68. The molecule has 1 aromatic heterocycles. The van der Waals surface area contributed by atoms with Crippen LogP contribution in [-0.2, 0) is 0 Å². The van der Waals surface area contributed by atoms with E-state index in [2.05, 4.69) is 4.98 Å². The number of anilines is 1. The highest BCUT2D eigenvalue weighted by Crippen LogP contribution is 2.17. The van der Waals surface area contributed by atoms with Gasteiger partial charge in [0.25, 0.3) is 6.43 Å². The van der Waals surface area contributed by atoms with Crippen LogP contribution in [0.3, 0.4) is 0 Å². The van der Waals surface area contributed by atoms with Gasteiger partial charge in [0.2, 0.25) is 0 Å². The molecule has 1 rings (SSSR count). The van der Waals surface area contributed by atoms with Gasteiger partial charge in [-0.1, -0.05) is 0 Å². The topological polar surface area (TPSA) is 56.6 Å². The standard InChI is InChI=1S/C11H16F2N2O2/c1-8(17)10-3-2-9(6-14-10)15(4-5-16)7-11(12)13/h2-3,6,8,11,16-17H,4-5,7H2,1H3. The highest BCUT2D eigenvalue weighted by Gasteiger charge is 2.13. The summed E-state index contributed by atoms with van der Waals surface area (Å²) in [5.41, 5.74) is 0.985. The van der Waals surface area contributed by atoms with E-state index in [9.17, 15) is 13.9 Å². The third-order valence-corrected chi connectivity index (χ3v) is 2.29. The summed E-state index contributed by atoms with van der Waals surface area (Å²) in [4.78, 5) is 5.32. The maximum absolute atomic E-state index is 12.3. The number of nitrogens with zero attached hydrogens (tertiary/aromatic N) is 2. The maximum Gasteiger partial charge on any atom is 0.255 e. The Kier molecular flexibility index (Phi) is 5.24. The summed E-state index contributed by atoms with van der Waals surface area (Å²) in [6.07, 6.45) is -1.75. The third kappa shape index (κ3) is 4.24. The monoisotopic (exact) mass is 246 g/mol. The number of hydrogen-bond donors (Lipinski definition) is 2. The molecule has 0 amide bonds. The largest absolute Gasteiger partial charge is 0.395 e. The first-order valence-corrected chi connectivity index (χ1v) is 5.32. The summed E-state index contributed by atoms with van der Waals surface area (Å²) < 4.78 is 24.6. The minimum absolute atomic E-state index is 0.125. The van der Waals surface area contributed by atoms with E-state index in [0.29, 0.717) is 11.4 Å². The smallest absolute Gasteiger partial charge is 0.255 e. The van der Waals surface area contributed by atoms with Crippen LogP contribution in [0.2, 0.25) is 0 Å². The molecule has 96 valence electrons.